The molecule has 1 heterocycles. The monoisotopic (exact) mass is 248 g/mol. The topological polar surface area (TPSA) is 49.8 Å². The normalized spacial score (nSPS) is 17.7. The largest absolute Gasteiger partial charge is 0.369 e. The minimum atomic E-state index is 0.483. The van der Waals surface area contributed by atoms with Gasteiger partial charge in [-0.1, -0.05) is 19.8 Å². The summed E-state index contributed by atoms with van der Waals surface area (Å²) in [5.41, 5.74) is 1.59. The van der Waals surface area contributed by atoms with Crippen LogP contribution in [0.15, 0.2) is 6.20 Å². The van der Waals surface area contributed by atoms with E-state index in [1.54, 1.807) is 0 Å². The van der Waals surface area contributed by atoms with Crippen molar-refractivity contribution in [2.75, 3.05) is 24.2 Å². The highest BCUT2D eigenvalue weighted by atomic mass is 15.1. The third-order valence-electron chi connectivity index (χ3n) is 4.24. The van der Waals surface area contributed by atoms with Crippen LogP contribution in [0.3, 0.4) is 0 Å². The van der Waals surface area contributed by atoms with Gasteiger partial charge < -0.3 is 10.6 Å². The van der Waals surface area contributed by atoms with Crippen molar-refractivity contribution in [2.24, 2.45) is 5.41 Å². The molecule has 2 rings (SSSR count). The maximum atomic E-state index is 4.48. The van der Waals surface area contributed by atoms with E-state index in [0.717, 1.165) is 17.9 Å². The number of hydrogen-bond donors (Lipinski definition) is 2. The molecule has 100 valence electrons. The molecule has 4 heteroatoms. The predicted octanol–water partition coefficient (Wildman–Crippen LogP) is 3.21. The van der Waals surface area contributed by atoms with Crippen LogP contribution >= 0.6 is 0 Å². The molecule has 0 aliphatic heterocycles. The second-order valence-corrected chi connectivity index (χ2v) is 5.39. The van der Waals surface area contributed by atoms with Gasteiger partial charge >= 0.3 is 0 Å². The lowest BCUT2D eigenvalue weighted by molar-refractivity contribution is 0.306. The summed E-state index contributed by atoms with van der Waals surface area (Å²) in [6.07, 6.45) is 8.57. The molecule has 0 radical (unpaired) electrons. The smallest absolute Gasteiger partial charge is 0.224 e. The molecule has 0 amide bonds. The van der Waals surface area contributed by atoms with E-state index in [2.05, 4.69) is 34.4 Å². The van der Waals surface area contributed by atoms with E-state index in [-0.39, 0.29) is 0 Å². The molecule has 1 aromatic rings. The fourth-order valence-electron chi connectivity index (χ4n) is 2.79. The van der Waals surface area contributed by atoms with E-state index < -0.39 is 0 Å². The van der Waals surface area contributed by atoms with Crippen molar-refractivity contribution in [2.45, 2.75) is 46.0 Å². The Morgan fingerprint density at radius 1 is 1.33 bits per heavy atom. The fourth-order valence-corrected chi connectivity index (χ4v) is 2.79. The van der Waals surface area contributed by atoms with Crippen LogP contribution in [-0.4, -0.2) is 23.6 Å². The Morgan fingerprint density at radius 3 is 2.67 bits per heavy atom. The Labute approximate surface area is 110 Å². The van der Waals surface area contributed by atoms with Crippen LogP contribution < -0.4 is 10.6 Å². The van der Waals surface area contributed by atoms with Crippen molar-refractivity contribution in [3.05, 3.63) is 11.8 Å². The molecule has 1 aromatic heterocycles. The molecule has 1 aliphatic carbocycles. The Balaban J connectivity index is 2.05. The number of nitrogens with zero attached hydrogens (tertiary/aromatic N) is 2. The summed E-state index contributed by atoms with van der Waals surface area (Å²) in [4.78, 5) is 8.70. The van der Waals surface area contributed by atoms with E-state index in [1.165, 1.54) is 32.1 Å². The van der Waals surface area contributed by atoms with Gasteiger partial charge in [0.25, 0.3) is 0 Å². The number of aryl methyl sites for hydroxylation is 1. The highest BCUT2D eigenvalue weighted by Crippen LogP contribution is 2.40. The SMILES string of the molecule is CCC1(CNc2nc(NC)ncc2C)CCCC1. The zero-order valence-electron chi connectivity index (χ0n) is 11.7. The lowest BCUT2D eigenvalue weighted by Gasteiger charge is -2.28. The minimum Gasteiger partial charge on any atom is -0.369 e. The number of nitrogens with one attached hydrogen (secondary N) is 2. The minimum absolute atomic E-state index is 0.483. The van der Waals surface area contributed by atoms with E-state index in [1.807, 2.05) is 13.2 Å². The maximum Gasteiger partial charge on any atom is 0.224 e. The van der Waals surface area contributed by atoms with Crippen molar-refractivity contribution in [1.82, 2.24) is 9.97 Å². The molecular weight excluding hydrogens is 224 g/mol. The molecular formula is C14H24N4. The van der Waals surface area contributed by atoms with Crippen LogP contribution in [0.2, 0.25) is 0 Å². The molecule has 1 fully saturated rings. The predicted molar refractivity (Wildman–Crippen MR) is 76.0 cm³/mol. The van der Waals surface area contributed by atoms with Crippen LogP contribution in [0.25, 0.3) is 0 Å². The van der Waals surface area contributed by atoms with Gasteiger partial charge in [0.2, 0.25) is 5.95 Å². The van der Waals surface area contributed by atoms with Gasteiger partial charge in [0.15, 0.2) is 0 Å². The van der Waals surface area contributed by atoms with Gasteiger partial charge in [0, 0.05) is 25.4 Å². The van der Waals surface area contributed by atoms with Gasteiger partial charge in [0.1, 0.15) is 5.82 Å². The first kappa shape index (κ1) is 13.1. The quantitative estimate of drug-likeness (QED) is 0.840. The Bertz CT molecular complexity index is 397. The lowest BCUT2D eigenvalue weighted by atomic mass is 9.83. The Morgan fingerprint density at radius 2 is 2.06 bits per heavy atom. The molecule has 0 aromatic carbocycles. The van der Waals surface area contributed by atoms with Crippen LogP contribution in [0.1, 0.15) is 44.6 Å². The van der Waals surface area contributed by atoms with Crippen molar-refractivity contribution in [1.29, 1.82) is 0 Å². The molecule has 0 unspecified atom stereocenters. The molecule has 18 heavy (non-hydrogen) atoms. The molecule has 4 nitrogen and oxygen atoms in total. The number of hydrogen-bond acceptors (Lipinski definition) is 4. The number of anilines is 2. The molecule has 0 saturated heterocycles. The van der Waals surface area contributed by atoms with Gasteiger partial charge in [-0.25, -0.2) is 4.98 Å². The summed E-state index contributed by atoms with van der Waals surface area (Å²) in [5, 5.41) is 6.51. The fraction of sp³-hybridized carbons (Fsp3) is 0.714. The second kappa shape index (κ2) is 5.55. The van der Waals surface area contributed by atoms with Gasteiger partial charge in [0.05, 0.1) is 0 Å². The molecule has 0 bridgehead atoms. The van der Waals surface area contributed by atoms with E-state index in [0.29, 0.717) is 11.4 Å². The van der Waals surface area contributed by atoms with Crippen molar-refractivity contribution < 1.29 is 0 Å². The summed E-state index contributed by atoms with van der Waals surface area (Å²) in [6, 6.07) is 0. The highest BCUT2D eigenvalue weighted by Gasteiger charge is 2.31. The summed E-state index contributed by atoms with van der Waals surface area (Å²) in [6.45, 7) is 5.39. The van der Waals surface area contributed by atoms with Crippen LogP contribution in [-0.2, 0) is 0 Å². The summed E-state index contributed by atoms with van der Waals surface area (Å²) < 4.78 is 0. The standard InChI is InChI=1S/C14H24N4/c1-4-14(7-5-6-8-14)10-17-12-11(2)9-16-13(15-3)18-12/h9H,4-8,10H2,1-3H3,(H2,15,16,17,18). The summed E-state index contributed by atoms with van der Waals surface area (Å²) in [7, 11) is 1.85. The van der Waals surface area contributed by atoms with Crippen LogP contribution in [0.5, 0.6) is 0 Å². The summed E-state index contributed by atoms with van der Waals surface area (Å²) >= 11 is 0. The zero-order chi connectivity index (χ0) is 13.0. The third-order valence-corrected chi connectivity index (χ3v) is 4.24. The van der Waals surface area contributed by atoms with Crippen LogP contribution in [0.4, 0.5) is 11.8 Å². The third kappa shape index (κ3) is 2.74. The second-order valence-electron chi connectivity index (χ2n) is 5.39. The number of aromatic nitrogens is 2. The maximum absolute atomic E-state index is 4.48. The van der Waals surface area contributed by atoms with Crippen molar-refractivity contribution in [3.63, 3.8) is 0 Å². The highest BCUT2D eigenvalue weighted by molar-refractivity contribution is 5.46. The van der Waals surface area contributed by atoms with Gasteiger partial charge in [-0.3, -0.25) is 0 Å². The van der Waals surface area contributed by atoms with Crippen molar-refractivity contribution >= 4 is 11.8 Å². The van der Waals surface area contributed by atoms with E-state index in [9.17, 15) is 0 Å². The Kier molecular flexibility index (Phi) is 4.04. The first-order valence-electron chi connectivity index (χ1n) is 6.94. The van der Waals surface area contributed by atoms with E-state index in [4.69, 9.17) is 0 Å². The zero-order valence-corrected chi connectivity index (χ0v) is 11.7. The van der Waals surface area contributed by atoms with Crippen molar-refractivity contribution in [3.8, 4) is 0 Å². The van der Waals surface area contributed by atoms with Gasteiger partial charge in [-0.2, -0.15) is 4.98 Å². The molecule has 1 saturated carbocycles. The lowest BCUT2D eigenvalue weighted by Crippen LogP contribution is -2.26. The number of rotatable bonds is 5. The van der Waals surface area contributed by atoms with E-state index >= 15 is 0 Å². The first-order valence-corrected chi connectivity index (χ1v) is 6.94. The summed E-state index contributed by atoms with van der Waals surface area (Å²) in [5.74, 6) is 1.65. The Hall–Kier alpha value is -1.32. The average molecular weight is 248 g/mol. The molecule has 0 spiro atoms. The first-order chi connectivity index (χ1) is 8.69. The van der Waals surface area contributed by atoms with Gasteiger partial charge in [-0.05, 0) is 31.6 Å². The average Bonchev–Trinajstić information content (AvgIpc) is 2.87. The molecule has 2 N–H and O–H groups in total. The molecule has 0 atom stereocenters. The molecule has 1 aliphatic rings. The van der Waals surface area contributed by atoms with Crippen LogP contribution in [0, 0.1) is 12.3 Å². The van der Waals surface area contributed by atoms with Gasteiger partial charge in [-0.15, -0.1) is 0 Å².